The summed E-state index contributed by atoms with van der Waals surface area (Å²) in [5.41, 5.74) is 0.979. The van der Waals surface area contributed by atoms with Gasteiger partial charge >= 0.3 is 5.97 Å². The normalized spacial score (nSPS) is 12.4. The first kappa shape index (κ1) is 11.4. The predicted molar refractivity (Wildman–Crippen MR) is 59.8 cm³/mol. The predicted octanol–water partition coefficient (Wildman–Crippen LogP) is 3.05. The van der Waals surface area contributed by atoms with Crippen molar-refractivity contribution in [2.45, 2.75) is 17.9 Å². The molecule has 0 unspecified atom stereocenters. The average Bonchev–Trinajstić information content (AvgIpc) is 2.16. The number of carboxylic acids is 1. The Hall–Kier alpha value is -0.670. The van der Waals surface area contributed by atoms with Crippen molar-refractivity contribution in [3.8, 4) is 0 Å². The highest BCUT2D eigenvalue weighted by atomic mass is 35.5. The highest BCUT2D eigenvalue weighted by Crippen LogP contribution is 2.23. The summed E-state index contributed by atoms with van der Waals surface area (Å²) in [4.78, 5) is 10.6. The zero-order valence-electron chi connectivity index (χ0n) is 7.74. The van der Waals surface area contributed by atoms with Crippen molar-refractivity contribution in [1.29, 1.82) is 0 Å². The van der Waals surface area contributed by atoms with Crippen molar-refractivity contribution in [3.63, 3.8) is 0 Å². The van der Waals surface area contributed by atoms with Gasteiger partial charge in [-0.25, -0.2) is 0 Å². The highest BCUT2D eigenvalue weighted by molar-refractivity contribution is 7.99. The molecule has 0 aliphatic heterocycles. The molecule has 0 heterocycles. The molecule has 0 fully saturated rings. The minimum atomic E-state index is -0.790. The van der Waals surface area contributed by atoms with Crippen LogP contribution in [-0.4, -0.2) is 16.3 Å². The molecule has 1 aromatic carbocycles. The van der Waals surface area contributed by atoms with E-state index >= 15 is 0 Å². The van der Waals surface area contributed by atoms with Crippen molar-refractivity contribution in [2.24, 2.45) is 0 Å². The van der Waals surface area contributed by atoms with Crippen molar-refractivity contribution >= 4 is 29.3 Å². The van der Waals surface area contributed by atoms with Crippen LogP contribution in [0.15, 0.2) is 24.3 Å². The smallest absolute Gasteiger partial charge is 0.316 e. The molecule has 76 valence electrons. The summed E-state index contributed by atoms with van der Waals surface area (Å²) < 4.78 is 0. The van der Waals surface area contributed by atoms with Gasteiger partial charge in [0.2, 0.25) is 0 Å². The van der Waals surface area contributed by atoms with Crippen LogP contribution in [0.4, 0.5) is 0 Å². The number of thioether (sulfide) groups is 1. The first-order valence-electron chi connectivity index (χ1n) is 4.19. The Labute approximate surface area is 92.3 Å². The zero-order valence-corrected chi connectivity index (χ0v) is 9.31. The third-order valence-electron chi connectivity index (χ3n) is 1.79. The summed E-state index contributed by atoms with van der Waals surface area (Å²) in [5, 5.41) is 8.97. The molecule has 0 spiro atoms. The van der Waals surface area contributed by atoms with Crippen molar-refractivity contribution < 1.29 is 9.90 Å². The van der Waals surface area contributed by atoms with Crippen LogP contribution in [0.2, 0.25) is 5.02 Å². The maximum Gasteiger partial charge on any atom is 0.316 e. The van der Waals surface area contributed by atoms with Crippen LogP contribution in [0.1, 0.15) is 12.5 Å². The van der Waals surface area contributed by atoms with E-state index in [9.17, 15) is 4.79 Å². The van der Waals surface area contributed by atoms with Gasteiger partial charge in [0.25, 0.3) is 0 Å². The maximum absolute atomic E-state index is 10.6. The quantitative estimate of drug-likeness (QED) is 0.864. The molecular formula is C10H11ClO2S. The fraction of sp³-hybridized carbons (Fsp3) is 0.300. The number of halogens is 1. The SMILES string of the molecule is C[C@H](SCc1ccccc1Cl)C(=O)O. The number of rotatable bonds is 4. The second kappa shape index (κ2) is 5.27. The summed E-state index contributed by atoms with van der Waals surface area (Å²) in [6.07, 6.45) is 0. The molecule has 0 aliphatic rings. The van der Waals surface area contributed by atoms with Crippen LogP contribution < -0.4 is 0 Å². The Balaban J connectivity index is 2.54. The Kier molecular flexibility index (Phi) is 4.29. The number of hydrogen-bond donors (Lipinski definition) is 1. The van der Waals surface area contributed by atoms with Gasteiger partial charge < -0.3 is 5.11 Å². The molecule has 0 saturated carbocycles. The van der Waals surface area contributed by atoms with Crippen LogP contribution in [0, 0.1) is 0 Å². The largest absolute Gasteiger partial charge is 0.480 e. The molecule has 1 atom stereocenters. The Morgan fingerprint density at radius 1 is 1.57 bits per heavy atom. The van der Waals surface area contributed by atoms with Gasteiger partial charge in [0.15, 0.2) is 0 Å². The summed E-state index contributed by atoms with van der Waals surface area (Å²) in [5.74, 6) is -0.158. The Bertz CT molecular complexity index is 328. The highest BCUT2D eigenvalue weighted by Gasteiger charge is 2.11. The second-order valence-electron chi connectivity index (χ2n) is 2.88. The molecule has 0 bridgehead atoms. The second-order valence-corrected chi connectivity index (χ2v) is 4.62. The lowest BCUT2D eigenvalue weighted by Gasteiger charge is -2.06. The molecule has 14 heavy (non-hydrogen) atoms. The summed E-state index contributed by atoms with van der Waals surface area (Å²) in [6, 6.07) is 7.47. The molecule has 0 saturated heterocycles. The Morgan fingerprint density at radius 2 is 2.21 bits per heavy atom. The lowest BCUT2D eigenvalue weighted by Crippen LogP contribution is -2.11. The van der Waals surface area contributed by atoms with Gasteiger partial charge in [0.1, 0.15) is 0 Å². The molecule has 1 aromatic rings. The van der Waals surface area contributed by atoms with Crippen LogP contribution >= 0.6 is 23.4 Å². The van der Waals surface area contributed by atoms with E-state index in [0.29, 0.717) is 10.8 Å². The average molecular weight is 231 g/mol. The standard InChI is InChI=1S/C10H11ClO2S/c1-7(10(12)13)14-6-8-4-2-3-5-9(8)11/h2-5,7H,6H2,1H3,(H,12,13)/t7-/m0/s1. The number of carboxylic acid groups (broad SMARTS) is 1. The van der Waals surface area contributed by atoms with Gasteiger partial charge in [0, 0.05) is 10.8 Å². The molecule has 1 rings (SSSR count). The molecule has 4 heteroatoms. The zero-order chi connectivity index (χ0) is 10.6. The summed E-state index contributed by atoms with van der Waals surface area (Å²) in [6.45, 7) is 1.67. The lowest BCUT2D eigenvalue weighted by molar-refractivity contribution is -0.136. The van der Waals surface area contributed by atoms with E-state index in [1.54, 1.807) is 6.92 Å². The van der Waals surface area contributed by atoms with Gasteiger partial charge in [-0.2, -0.15) is 0 Å². The monoisotopic (exact) mass is 230 g/mol. The number of benzene rings is 1. The van der Waals surface area contributed by atoms with E-state index in [-0.39, 0.29) is 0 Å². The summed E-state index contributed by atoms with van der Waals surface area (Å²) >= 11 is 7.29. The first-order chi connectivity index (χ1) is 6.61. The van der Waals surface area contributed by atoms with Gasteiger partial charge in [-0.05, 0) is 18.6 Å². The number of carbonyl (C=O) groups is 1. The molecule has 0 aromatic heterocycles. The van der Waals surface area contributed by atoms with E-state index < -0.39 is 11.2 Å². The third kappa shape index (κ3) is 3.24. The minimum Gasteiger partial charge on any atom is -0.480 e. The first-order valence-corrected chi connectivity index (χ1v) is 5.61. The topological polar surface area (TPSA) is 37.3 Å². The van der Waals surface area contributed by atoms with E-state index in [2.05, 4.69) is 0 Å². The molecule has 1 N–H and O–H groups in total. The van der Waals surface area contributed by atoms with Gasteiger partial charge in [-0.15, -0.1) is 11.8 Å². The van der Waals surface area contributed by atoms with E-state index in [0.717, 1.165) is 5.56 Å². The fourth-order valence-electron chi connectivity index (χ4n) is 0.902. The van der Waals surface area contributed by atoms with E-state index in [1.165, 1.54) is 11.8 Å². The fourth-order valence-corrected chi connectivity index (χ4v) is 2.01. The number of hydrogen-bond acceptors (Lipinski definition) is 2. The molecule has 0 aliphatic carbocycles. The van der Waals surface area contributed by atoms with Crippen LogP contribution in [0.3, 0.4) is 0 Å². The van der Waals surface area contributed by atoms with E-state index in [1.807, 2.05) is 24.3 Å². The van der Waals surface area contributed by atoms with Crippen LogP contribution in [0.5, 0.6) is 0 Å². The van der Waals surface area contributed by atoms with Crippen LogP contribution in [-0.2, 0) is 10.5 Å². The van der Waals surface area contributed by atoms with Gasteiger partial charge in [0.05, 0.1) is 5.25 Å². The van der Waals surface area contributed by atoms with E-state index in [4.69, 9.17) is 16.7 Å². The summed E-state index contributed by atoms with van der Waals surface area (Å²) in [7, 11) is 0. The molecule has 0 amide bonds. The molecule has 0 radical (unpaired) electrons. The number of aliphatic carboxylic acids is 1. The maximum atomic E-state index is 10.6. The van der Waals surface area contributed by atoms with Crippen LogP contribution in [0.25, 0.3) is 0 Å². The van der Waals surface area contributed by atoms with Crippen molar-refractivity contribution in [1.82, 2.24) is 0 Å². The Morgan fingerprint density at radius 3 is 2.79 bits per heavy atom. The molecular weight excluding hydrogens is 220 g/mol. The van der Waals surface area contributed by atoms with Gasteiger partial charge in [-0.3, -0.25) is 4.79 Å². The van der Waals surface area contributed by atoms with Crippen molar-refractivity contribution in [2.75, 3.05) is 0 Å². The van der Waals surface area contributed by atoms with Crippen molar-refractivity contribution in [3.05, 3.63) is 34.9 Å². The minimum absolute atomic E-state index is 0.397. The molecule has 2 nitrogen and oxygen atoms in total. The van der Waals surface area contributed by atoms with Gasteiger partial charge in [-0.1, -0.05) is 29.8 Å². The lowest BCUT2D eigenvalue weighted by atomic mass is 10.2. The third-order valence-corrected chi connectivity index (χ3v) is 3.34.